The van der Waals surface area contributed by atoms with Gasteiger partial charge in [-0.25, -0.2) is 0 Å². The summed E-state index contributed by atoms with van der Waals surface area (Å²) < 4.78 is 0. The van der Waals surface area contributed by atoms with Gasteiger partial charge in [0, 0.05) is 0 Å². The zero-order valence-corrected chi connectivity index (χ0v) is 15.1. The molecule has 0 fully saturated rings. The largest absolute Gasteiger partial charge is 0.0654 e. The van der Waals surface area contributed by atoms with Crippen molar-refractivity contribution in [2.45, 2.75) is 26.2 Å². The van der Waals surface area contributed by atoms with E-state index in [1.165, 1.54) is 67.9 Å². The molecular weight excluding hydrogens is 312 g/mol. The van der Waals surface area contributed by atoms with E-state index in [9.17, 15) is 0 Å². The van der Waals surface area contributed by atoms with E-state index in [0.29, 0.717) is 0 Å². The third-order valence-electron chi connectivity index (χ3n) is 5.62. The van der Waals surface area contributed by atoms with Gasteiger partial charge in [-0.1, -0.05) is 92.2 Å². The van der Waals surface area contributed by atoms with Crippen molar-refractivity contribution >= 4 is 43.1 Å². The molecule has 0 saturated heterocycles. The Bertz CT molecular complexity index is 1260. The van der Waals surface area contributed by atoms with Crippen LogP contribution in [0.2, 0.25) is 0 Å². The molecule has 0 amide bonds. The quantitative estimate of drug-likeness (QED) is 0.297. The van der Waals surface area contributed by atoms with Gasteiger partial charge in [-0.15, -0.1) is 0 Å². The fraction of sp³-hybridized carbons (Fsp3) is 0.154. The smallest absolute Gasteiger partial charge is 0.00987 e. The van der Waals surface area contributed by atoms with Crippen LogP contribution in [0.15, 0.2) is 78.9 Å². The summed E-state index contributed by atoms with van der Waals surface area (Å²) in [6.07, 6.45) is 3.68. The summed E-state index contributed by atoms with van der Waals surface area (Å²) in [4.78, 5) is 0. The Morgan fingerprint density at radius 1 is 0.538 bits per heavy atom. The Kier molecular flexibility index (Phi) is 3.64. The Balaban J connectivity index is 1.79. The summed E-state index contributed by atoms with van der Waals surface area (Å²) in [6, 6.07) is 29.4. The molecule has 0 bridgehead atoms. The van der Waals surface area contributed by atoms with Gasteiger partial charge in [-0.2, -0.15) is 0 Å². The minimum atomic E-state index is 1.17. The predicted molar refractivity (Wildman–Crippen MR) is 115 cm³/mol. The fourth-order valence-electron chi connectivity index (χ4n) is 4.23. The standard InChI is InChI=1S/C26H22/c1-2-3-6-18-9-12-22-20(17-18)11-14-26-24(22)16-15-23-21-8-5-4-7-19(21)10-13-25(23)26/h4-5,7-17H,2-3,6H2,1H3. The minimum Gasteiger partial charge on any atom is -0.0654 e. The van der Waals surface area contributed by atoms with Gasteiger partial charge < -0.3 is 0 Å². The van der Waals surface area contributed by atoms with Crippen LogP contribution in [0.25, 0.3) is 43.1 Å². The Morgan fingerprint density at radius 2 is 1.12 bits per heavy atom. The molecule has 0 aliphatic carbocycles. The van der Waals surface area contributed by atoms with Crippen LogP contribution in [0.4, 0.5) is 0 Å². The third kappa shape index (κ3) is 2.37. The highest BCUT2D eigenvalue weighted by atomic mass is 14.1. The van der Waals surface area contributed by atoms with Crippen LogP contribution in [0.5, 0.6) is 0 Å². The van der Waals surface area contributed by atoms with Gasteiger partial charge in [0.1, 0.15) is 0 Å². The van der Waals surface area contributed by atoms with Crippen LogP contribution in [0, 0.1) is 0 Å². The molecule has 0 aliphatic rings. The molecule has 0 aromatic heterocycles. The third-order valence-corrected chi connectivity index (χ3v) is 5.62. The maximum atomic E-state index is 2.37. The van der Waals surface area contributed by atoms with Gasteiger partial charge in [-0.05, 0) is 61.5 Å². The van der Waals surface area contributed by atoms with Crippen LogP contribution < -0.4 is 0 Å². The Labute approximate surface area is 154 Å². The minimum absolute atomic E-state index is 1.17. The summed E-state index contributed by atoms with van der Waals surface area (Å²) in [7, 11) is 0. The van der Waals surface area contributed by atoms with Crippen LogP contribution in [-0.4, -0.2) is 0 Å². The Hall–Kier alpha value is -2.86. The Morgan fingerprint density at radius 3 is 1.88 bits per heavy atom. The second kappa shape index (κ2) is 6.14. The van der Waals surface area contributed by atoms with E-state index in [1.807, 2.05) is 0 Å². The van der Waals surface area contributed by atoms with Gasteiger partial charge in [-0.3, -0.25) is 0 Å². The van der Waals surface area contributed by atoms with Crippen molar-refractivity contribution < 1.29 is 0 Å². The van der Waals surface area contributed by atoms with Crippen molar-refractivity contribution in [1.29, 1.82) is 0 Å². The maximum Gasteiger partial charge on any atom is -0.00987 e. The van der Waals surface area contributed by atoms with Crippen molar-refractivity contribution in [2.75, 3.05) is 0 Å². The van der Waals surface area contributed by atoms with E-state index in [-0.39, 0.29) is 0 Å². The molecule has 0 radical (unpaired) electrons. The predicted octanol–water partition coefficient (Wildman–Crippen LogP) is 7.64. The molecule has 0 heterocycles. The first-order valence-corrected chi connectivity index (χ1v) is 9.61. The van der Waals surface area contributed by atoms with E-state index >= 15 is 0 Å². The molecule has 0 nitrogen and oxygen atoms in total. The zero-order valence-electron chi connectivity index (χ0n) is 15.1. The van der Waals surface area contributed by atoms with Crippen molar-refractivity contribution in [3.8, 4) is 0 Å². The molecule has 0 unspecified atom stereocenters. The lowest BCUT2D eigenvalue weighted by Crippen LogP contribution is -1.86. The number of benzene rings is 5. The number of fused-ring (bicyclic) bond motifs is 7. The molecule has 5 aromatic carbocycles. The van der Waals surface area contributed by atoms with Crippen LogP contribution in [0.3, 0.4) is 0 Å². The summed E-state index contributed by atoms with van der Waals surface area (Å²) >= 11 is 0. The van der Waals surface area contributed by atoms with Gasteiger partial charge in [0.15, 0.2) is 0 Å². The lowest BCUT2D eigenvalue weighted by atomic mass is 9.93. The SMILES string of the molecule is CCCCc1ccc2c(ccc3c2ccc2c4ccccc4ccc23)c1. The molecule has 5 aromatic rings. The number of rotatable bonds is 3. The van der Waals surface area contributed by atoms with Crippen molar-refractivity contribution in [2.24, 2.45) is 0 Å². The highest BCUT2D eigenvalue weighted by Crippen LogP contribution is 2.34. The average molecular weight is 334 g/mol. The monoisotopic (exact) mass is 334 g/mol. The highest BCUT2D eigenvalue weighted by Gasteiger charge is 2.07. The van der Waals surface area contributed by atoms with E-state index in [0.717, 1.165) is 0 Å². The molecule has 0 aliphatic heterocycles. The van der Waals surface area contributed by atoms with Gasteiger partial charge in [0.05, 0.1) is 0 Å². The maximum absolute atomic E-state index is 2.37. The molecule has 0 spiro atoms. The zero-order chi connectivity index (χ0) is 17.5. The first kappa shape index (κ1) is 15.4. The van der Waals surface area contributed by atoms with Gasteiger partial charge in [0.25, 0.3) is 0 Å². The summed E-state index contributed by atoms with van der Waals surface area (Å²) in [5.74, 6) is 0. The normalized spacial score (nSPS) is 11.7. The lowest BCUT2D eigenvalue weighted by molar-refractivity contribution is 0.796. The molecule has 0 saturated carbocycles. The van der Waals surface area contributed by atoms with Crippen molar-refractivity contribution in [3.63, 3.8) is 0 Å². The van der Waals surface area contributed by atoms with Gasteiger partial charge in [0.2, 0.25) is 0 Å². The number of unbranched alkanes of at least 4 members (excludes halogenated alkanes) is 1. The summed E-state index contributed by atoms with van der Waals surface area (Å²) in [5, 5.41) is 10.7. The van der Waals surface area contributed by atoms with Gasteiger partial charge >= 0.3 is 0 Å². The molecule has 5 rings (SSSR count). The first-order valence-electron chi connectivity index (χ1n) is 9.61. The van der Waals surface area contributed by atoms with Crippen molar-refractivity contribution in [1.82, 2.24) is 0 Å². The van der Waals surface area contributed by atoms with Crippen molar-refractivity contribution in [3.05, 3.63) is 84.4 Å². The van der Waals surface area contributed by atoms with E-state index < -0.39 is 0 Å². The first-order chi connectivity index (χ1) is 12.8. The van der Waals surface area contributed by atoms with E-state index in [1.54, 1.807) is 0 Å². The van der Waals surface area contributed by atoms with Crippen LogP contribution in [-0.2, 0) is 6.42 Å². The molecule has 0 atom stereocenters. The molecule has 26 heavy (non-hydrogen) atoms. The molecule has 0 heteroatoms. The molecule has 0 N–H and O–H groups in total. The highest BCUT2D eigenvalue weighted by molar-refractivity contribution is 6.22. The molecular formula is C26H22. The van der Waals surface area contributed by atoms with Crippen LogP contribution >= 0.6 is 0 Å². The molecule has 126 valence electrons. The summed E-state index contributed by atoms with van der Waals surface area (Å²) in [5.41, 5.74) is 1.45. The summed E-state index contributed by atoms with van der Waals surface area (Å²) in [6.45, 7) is 2.25. The number of aryl methyl sites for hydroxylation is 1. The van der Waals surface area contributed by atoms with E-state index in [4.69, 9.17) is 0 Å². The van der Waals surface area contributed by atoms with Crippen LogP contribution in [0.1, 0.15) is 25.3 Å². The topological polar surface area (TPSA) is 0 Å². The fourth-order valence-corrected chi connectivity index (χ4v) is 4.23. The second-order valence-corrected chi connectivity index (χ2v) is 7.27. The second-order valence-electron chi connectivity index (χ2n) is 7.27. The average Bonchev–Trinajstić information content (AvgIpc) is 2.71. The lowest BCUT2D eigenvalue weighted by Gasteiger charge is -2.11. The number of hydrogen-bond donors (Lipinski definition) is 0. The van der Waals surface area contributed by atoms with E-state index in [2.05, 4.69) is 85.8 Å². The number of hydrogen-bond acceptors (Lipinski definition) is 0.